The minimum atomic E-state index is 0.684. The van der Waals surface area contributed by atoms with Gasteiger partial charge in [0.2, 0.25) is 0 Å². The van der Waals surface area contributed by atoms with Crippen LogP contribution in [0.5, 0.6) is 0 Å². The Balaban J connectivity index is 1.06. The highest BCUT2D eigenvalue weighted by Crippen LogP contribution is 2.38. The molecule has 0 aliphatic heterocycles. The number of pyridine rings is 1. The van der Waals surface area contributed by atoms with E-state index in [1.165, 1.54) is 49.0 Å². The van der Waals surface area contributed by atoms with Crippen molar-refractivity contribution in [3.05, 3.63) is 200 Å². The van der Waals surface area contributed by atoms with E-state index in [1.807, 2.05) is 18.3 Å². The summed E-state index contributed by atoms with van der Waals surface area (Å²) in [6.07, 6.45) is 3.69. The van der Waals surface area contributed by atoms with Crippen LogP contribution >= 0.6 is 0 Å². The first-order valence-corrected chi connectivity index (χ1v) is 18.2. The quantitative estimate of drug-likeness (QED) is 0.163. The van der Waals surface area contributed by atoms with Crippen molar-refractivity contribution in [3.8, 4) is 67.3 Å². The van der Waals surface area contributed by atoms with Gasteiger partial charge in [0.25, 0.3) is 0 Å². The molecule has 2 aromatic heterocycles. The summed E-state index contributed by atoms with van der Waals surface area (Å²) in [5.41, 5.74) is 11.6. The summed E-state index contributed by atoms with van der Waals surface area (Å²) >= 11 is 0. The van der Waals surface area contributed by atoms with Crippen LogP contribution in [0.3, 0.4) is 0 Å². The van der Waals surface area contributed by atoms with Crippen LogP contribution in [0.15, 0.2) is 200 Å². The highest BCUT2D eigenvalue weighted by Gasteiger charge is 2.14. The molecule has 0 amide bonds. The SMILES string of the molecule is c1ccc(-c2ccc(-c3cc(-c4cccc(-c5cccnc5)c4)nc(-c4ccc(-c5ccc6c7ccccc7c7ccccc7c6c5)cc4)n3)cc2)cc1. The molecule has 3 heteroatoms. The van der Waals surface area contributed by atoms with E-state index in [-0.39, 0.29) is 0 Å². The van der Waals surface area contributed by atoms with Gasteiger partial charge in [0.15, 0.2) is 5.82 Å². The first-order chi connectivity index (χ1) is 26.7. The van der Waals surface area contributed by atoms with Gasteiger partial charge in [-0.05, 0) is 84.4 Å². The summed E-state index contributed by atoms with van der Waals surface area (Å²) in [6.45, 7) is 0. The maximum absolute atomic E-state index is 5.18. The Morgan fingerprint density at radius 2 is 0.722 bits per heavy atom. The predicted octanol–water partition coefficient (Wildman–Crippen LogP) is 13.3. The lowest BCUT2D eigenvalue weighted by atomic mass is 9.92. The van der Waals surface area contributed by atoms with Crippen LogP contribution < -0.4 is 0 Å². The Morgan fingerprint density at radius 3 is 1.39 bits per heavy atom. The summed E-state index contributed by atoms with van der Waals surface area (Å²) in [4.78, 5) is 14.7. The molecule has 8 aromatic carbocycles. The Bertz CT molecular complexity index is 2920. The minimum absolute atomic E-state index is 0.684. The lowest BCUT2D eigenvalue weighted by Crippen LogP contribution is -1.96. The normalized spacial score (nSPS) is 11.3. The maximum Gasteiger partial charge on any atom is 0.160 e. The van der Waals surface area contributed by atoms with Crippen molar-refractivity contribution in [2.45, 2.75) is 0 Å². The molecule has 0 saturated carbocycles. The van der Waals surface area contributed by atoms with Gasteiger partial charge in [0.05, 0.1) is 11.4 Å². The van der Waals surface area contributed by atoms with Gasteiger partial charge in [-0.3, -0.25) is 4.98 Å². The third-order valence-corrected chi connectivity index (χ3v) is 10.4. The van der Waals surface area contributed by atoms with Crippen molar-refractivity contribution in [3.63, 3.8) is 0 Å². The Morgan fingerprint density at radius 1 is 0.259 bits per heavy atom. The van der Waals surface area contributed by atoms with Crippen LogP contribution in [0.2, 0.25) is 0 Å². The molecule has 3 nitrogen and oxygen atoms in total. The number of benzene rings is 8. The number of hydrogen-bond donors (Lipinski definition) is 0. The third-order valence-electron chi connectivity index (χ3n) is 10.4. The van der Waals surface area contributed by atoms with Gasteiger partial charge in [-0.15, -0.1) is 0 Å². The molecule has 10 rings (SSSR count). The fourth-order valence-corrected chi connectivity index (χ4v) is 7.63. The molecular formula is C51H33N3. The number of nitrogens with zero attached hydrogens (tertiary/aromatic N) is 3. The molecule has 2 heterocycles. The van der Waals surface area contributed by atoms with E-state index in [1.54, 1.807) is 6.20 Å². The molecule has 54 heavy (non-hydrogen) atoms. The summed E-state index contributed by atoms with van der Waals surface area (Å²) < 4.78 is 0. The molecule has 0 N–H and O–H groups in total. The van der Waals surface area contributed by atoms with Crippen molar-refractivity contribution in [1.29, 1.82) is 0 Å². The average molecular weight is 688 g/mol. The average Bonchev–Trinajstić information content (AvgIpc) is 3.27. The first-order valence-electron chi connectivity index (χ1n) is 18.2. The lowest BCUT2D eigenvalue weighted by Gasteiger charge is -2.13. The fourth-order valence-electron chi connectivity index (χ4n) is 7.63. The smallest absolute Gasteiger partial charge is 0.160 e. The molecule has 0 aliphatic carbocycles. The highest BCUT2D eigenvalue weighted by molar-refractivity contribution is 6.25. The van der Waals surface area contributed by atoms with Gasteiger partial charge in [-0.25, -0.2) is 9.97 Å². The summed E-state index contributed by atoms with van der Waals surface area (Å²) in [7, 11) is 0. The number of fused-ring (bicyclic) bond motifs is 6. The van der Waals surface area contributed by atoms with E-state index in [4.69, 9.17) is 9.97 Å². The zero-order valence-electron chi connectivity index (χ0n) is 29.4. The van der Waals surface area contributed by atoms with Crippen molar-refractivity contribution >= 4 is 32.3 Å². The molecule has 0 bridgehead atoms. The predicted molar refractivity (Wildman–Crippen MR) is 225 cm³/mol. The van der Waals surface area contributed by atoms with Gasteiger partial charge in [-0.1, -0.05) is 164 Å². The minimum Gasteiger partial charge on any atom is -0.264 e. The first kappa shape index (κ1) is 31.5. The van der Waals surface area contributed by atoms with Gasteiger partial charge in [0.1, 0.15) is 0 Å². The second-order valence-electron chi connectivity index (χ2n) is 13.7. The van der Waals surface area contributed by atoms with Gasteiger partial charge in [-0.2, -0.15) is 0 Å². The summed E-state index contributed by atoms with van der Waals surface area (Å²) in [5.74, 6) is 0.684. The molecular weight excluding hydrogens is 655 g/mol. The second-order valence-corrected chi connectivity index (χ2v) is 13.7. The van der Waals surface area contributed by atoms with Crippen LogP contribution in [-0.4, -0.2) is 15.0 Å². The van der Waals surface area contributed by atoms with Crippen LogP contribution in [0.1, 0.15) is 0 Å². The van der Waals surface area contributed by atoms with Crippen molar-refractivity contribution in [1.82, 2.24) is 15.0 Å². The monoisotopic (exact) mass is 687 g/mol. The van der Waals surface area contributed by atoms with E-state index >= 15 is 0 Å². The topological polar surface area (TPSA) is 38.7 Å². The zero-order valence-corrected chi connectivity index (χ0v) is 29.4. The summed E-state index contributed by atoms with van der Waals surface area (Å²) in [6, 6.07) is 66.7. The fraction of sp³-hybridized carbons (Fsp3) is 0. The molecule has 0 aliphatic rings. The largest absolute Gasteiger partial charge is 0.264 e. The van der Waals surface area contributed by atoms with Crippen molar-refractivity contribution in [2.75, 3.05) is 0 Å². The Labute approximate surface area is 313 Å². The lowest BCUT2D eigenvalue weighted by molar-refractivity contribution is 1.18. The molecule has 0 radical (unpaired) electrons. The number of aromatic nitrogens is 3. The van der Waals surface area contributed by atoms with E-state index in [9.17, 15) is 0 Å². The number of hydrogen-bond acceptors (Lipinski definition) is 3. The number of rotatable bonds is 6. The molecule has 252 valence electrons. The van der Waals surface area contributed by atoms with E-state index in [0.717, 1.165) is 44.8 Å². The Hall–Kier alpha value is -7.23. The van der Waals surface area contributed by atoms with Gasteiger partial charge >= 0.3 is 0 Å². The standard InChI is InChI=1S/C51H33N3/c1-2-10-34(11-3-1)35-19-23-37(24-20-35)49-32-50(41-13-8-12-39(30-41)42-14-9-29-52-33-42)54-51(53-49)38-25-21-36(22-26-38)40-27-28-47-45-17-5-4-15-43(45)44-16-6-7-18-46(44)48(47)31-40/h1-33H. The molecule has 10 aromatic rings. The van der Waals surface area contributed by atoms with Crippen LogP contribution in [0.4, 0.5) is 0 Å². The van der Waals surface area contributed by atoms with E-state index < -0.39 is 0 Å². The van der Waals surface area contributed by atoms with Gasteiger partial charge < -0.3 is 0 Å². The maximum atomic E-state index is 5.18. The van der Waals surface area contributed by atoms with Crippen LogP contribution in [-0.2, 0) is 0 Å². The molecule has 0 fully saturated rings. The second kappa shape index (κ2) is 13.4. The van der Waals surface area contributed by atoms with E-state index in [2.05, 4.69) is 181 Å². The van der Waals surface area contributed by atoms with Crippen molar-refractivity contribution < 1.29 is 0 Å². The van der Waals surface area contributed by atoms with Gasteiger partial charge in [0, 0.05) is 34.6 Å². The summed E-state index contributed by atoms with van der Waals surface area (Å²) in [5, 5.41) is 7.65. The molecule has 0 atom stereocenters. The Kier molecular flexibility index (Phi) is 7.81. The molecule has 0 spiro atoms. The van der Waals surface area contributed by atoms with Crippen molar-refractivity contribution in [2.24, 2.45) is 0 Å². The van der Waals surface area contributed by atoms with Crippen LogP contribution in [0, 0.1) is 0 Å². The molecule has 0 saturated heterocycles. The van der Waals surface area contributed by atoms with E-state index in [0.29, 0.717) is 5.82 Å². The third kappa shape index (κ3) is 5.78. The molecule has 0 unspecified atom stereocenters. The van der Waals surface area contributed by atoms with Crippen LogP contribution in [0.25, 0.3) is 99.6 Å². The highest BCUT2D eigenvalue weighted by atomic mass is 14.9. The zero-order chi connectivity index (χ0) is 35.8.